The summed E-state index contributed by atoms with van der Waals surface area (Å²) in [5.41, 5.74) is 6.67. The van der Waals surface area contributed by atoms with Gasteiger partial charge in [0.2, 0.25) is 0 Å². The molecule has 1 aliphatic rings. The van der Waals surface area contributed by atoms with E-state index in [1.54, 1.807) is 42.7 Å². The van der Waals surface area contributed by atoms with E-state index < -0.39 is 16.4 Å². The number of anilines is 3. The third kappa shape index (κ3) is 4.55. The SMILES string of the molecule is [O-][N+]1(c2ccc(-c3ccc(C(F)(F)F)cc3)cc2)c2ccncc2-c2cc(N(c3ccccc3)c3ccccc3)ccc21. The van der Waals surface area contributed by atoms with Crippen molar-refractivity contribution in [1.82, 2.24) is 9.63 Å². The molecule has 0 bridgehead atoms. The van der Waals surface area contributed by atoms with Crippen LogP contribution in [0.3, 0.4) is 0 Å². The quantitative estimate of drug-likeness (QED) is 0.153. The van der Waals surface area contributed by atoms with Gasteiger partial charge in [-0.1, -0.05) is 48.5 Å². The predicted octanol–water partition coefficient (Wildman–Crippen LogP) is 10.7. The largest absolute Gasteiger partial charge is 0.616 e. The molecular weight excluding hydrogens is 547 g/mol. The summed E-state index contributed by atoms with van der Waals surface area (Å²) in [7, 11) is 0. The van der Waals surface area contributed by atoms with Crippen LogP contribution >= 0.6 is 0 Å². The summed E-state index contributed by atoms with van der Waals surface area (Å²) >= 11 is 0. The summed E-state index contributed by atoms with van der Waals surface area (Å²) in [5, 5.41) is 14.9. The van der Waals surface area contributed by atoms with Crippen molar-refractivity contribution in [3.05, 3.63) is 157 Å². The molecule has 0 radical (unpaired) electrons. The number of fused-ring (bicyclic) bond motifs is 3. The van der Waals surface area contributed by atoms with Crippen LogP contribution in [0.2, 0.25) is 0 Å². The summed E-state index contributed by atoms with van der Waals surface area (Å²) < 4.78 is 38.3. The van der Waals surface area contributed by atoms with Gasteiger partial charge in [0.25, 0.3) is 0 Å². The number of alkyl halides is 3. The molecular formula is C36H24F3N3O. The van der Waals surface area contributed by atoms with Crippen LogP contribution in [0.4, 0.5) is 47.3 Å². The fourth-order valence-corrected chi connectivity index (χ4v) is 5.75. The van der Waals surface area contributed by atoms with Crippen molar-refractivity contribution < 1.29 is 13.2 Å². The number of rotatable bonds is 5. The van der Waals surface area contributed by atoms with Crippen molar-refractivity contribution in [3.63, 3.8) is 0 Å². The van der Waals surface area contributed by atoms with Crippen LogP contribution in [0.1, 0.15) is 5.56 Å². The van der Waals surface area contributed by atoms with E-state index in [0.717, 1.165) is 45.9 Å². The van der Waals surface area contributed by atoms with E-state index in [0.29, 0.717) is 22.6 Å². The van der Waals surface area contributed by atoms with Crippen molar-refractivity contribution in [2.75, 3.05) is 4.90 Å². The Balaban J connectivity index is 1.31. The molecule has 5 aromatic carbocycles. The predicted molar refractivity (Wildman–Crippen MR) is 166 cm³/mol. The maximum absolute atomic E-state index is 14.9. The molecule has 210 valence electrons. The van der Waals surface area contributed by atoms with Crippen LogP contribution in [-0.2, 0) is 6.18 Å². The fraction of sp³-hybridized carbons (Fsp3) is 0.0278. The highest BCUT2D eigenvalue weighted by atomic mass is 19.4. The Morgan fingerprint density at radius 3 is 1.72 bits per heavy atom. The lowest BCUT2D eigenvalue weighted by Gasteiger charge is -2.38. The molecule has 7 heteroatoms. The smallest absolute Gasteiger partial charge is 0.416 e. The van der Waals surface area contributed by atoms with Gasteiger partial charge in [-0.05, 0) is 71.8 Å². The zero-order valence-corrected chi connectivity index (χ0v) is 22.7. The van der Waals surface area contributed by atoms with Gasteiger partial charge >= 0.3 is 6.18 Å². The highest BCUT2D eigenvalue weighted by Crippen LogP contribution is 2.57. The van der Waals surface area contributed by atoms with E-state index in [2.05, 4.69) is 9.88 Å². The molecule has 0 aliphatic carbocycles. The number of quaternary nitrogens is 1. The highest BCUT2D eigenvalue weighted by molar-refractivity contribution is 6.00. The van der Waals surface area contributed by atoms with Gasteiger partial charge in [0.15, 0.2) is 11.4 Å². The standard InChI is InChI=1S/C36H24F3N3O/c37-36(38,39)27-15-11-25(12-16-27)26-13-18-31(19-14-26)42(43)34-20-17-30(23-32(34)33-24-40-22-21-35(33)42)41(28-7-3-1-4-8-28)29-9-5-2-6-10-29/h1-24H. The van der Waals surface area contributed by atoms with Crippen LogP contribution in [0.15, 0.2) is 146 Å². The maximum atomic E-state index is 14.9. The monoisotopic (exact) mass is 571 g/mol. The molecule has 43 heavy (non-hydrogen) atoms. The summed E-state index contributed by atoms with van der Waals surface area (Å²) in [4.78, 5) is 6.49. The minimum Gasteiger partial charge on any atom is -0.616 e. The van der Waals surface area contributed by atoms with Crippen LogP contribution in [0.5, 0.6) is 0 Å². The lowest BCUT2D eigenvalue weighted by Crippen LogP contribution is -2.29. The zero-order valence-electron chi connectivity index (χ0n) is 22.7. The molecule has 2 heterocycles. The number of aromatic nitrogens is 1. The van der Waals surface area contributed by atoms with E-state index in [4.69, 9.17) is 0 Å². The lowest BCUT2D eigenvalue weighted by atomic mass is 10.0. The van der Waals surface area contributed by atoms with Crippen molar-refractivity contribution in [2.24, 2.45) is 0 Å². The molecule has 1 aromatic heterocycles. The van der Waals surface area contributed by atoms with Crippen LogP contribution in [-0.4, -0.2) is 4.98 Å². The molecule has 6 aromatic rings. The summed E-state index contributed by atoms with van der Waals surface area (Å²) in [6, 6.07) is 39.8. The number of hydrogen-bond donors (Lipinski definition) is 0. The molecule has 1 atom stereocenters. The Morgan fingerprint density at radius 2 is 1.14 bits per heavy atom. The Hall–Kier alpha value is -5.24. The van der Waals surface area contributed by atoms with Crippen molar-refractivity contribution in [2.45, 2.75) is 6.18 Å². The van der Waals surface area contributed by atoms with Gasteiger partial charge in [0.05, 0.1) is 16.7 Å². The van der Waals surface area contributed by atoms with Crippen molar-refractivity contribution >= 4 is 34.1 Å². The lowest BCUT2D eigenvalue weighted by molar-refractivity contribution is -0.137. The Kier molecular flexibility index (Phi) is 6.34. The Morgan fingerprint density at radius 1 is 0.581 bits per heavy atom. The third-order valence-electron chi connectivity index (χ3n) is 7.81. The molecule has 7 rings (SSSR count). The van der Waals surface area contributed by atoms with Gasteiger partial charge in [-0.25, -0.2) is 0 Å². The molecule has 1 unspecified atom stereocenters. The summed E-state index contributed by atoms with van der Waals surface area (Å²) in [6.45, 7) is 0. The topological polar surface area (TPSA) is 39.2 Å². The number of para-hydroxylation sites is 2. The molecule has 0 spiro atoms. The van der Waals surface area contributed by atoms with Crippen LogP contribution in [0.25, 0.3) is 22.3 Å². The fourth-order valence-electron chi connectivity index (χ4n) is 5.75. The van der Waals surface area contributed by atoms with E-state index in [9.17, 15) is 18.4 Å². The second-order valence-electron chi connectivity index (χ2n) is 10.3. The minimum absolute atomic E-state index is 0.484. The van der Waals surface area contributed by atoms with E-state index in [1.165, 1.54) is 12.1 Å². The van der Waals surface area contributed by atoms with Gasteiger partial charge in [-0.15, -0.1) is 0 Å². The molecule has 0 fully saturated rings. The average molecular weight is 572 g/mol. The molecule has 0 amide bonds. The highest BCUT2D eigenvalue weighted by Gasteiger charge is 2.40. The number of halogens is 3. The minimum atomic E-state index is -4.40. The van der Waals surface area contributed by atoms with Crippen molar-refractivity contribution in [1.29, 1.82) is 0 Å². The number of nitrogens with zero attached hydrogens (tertiary/aromatic N) is 3. The van der Waals surface area contributed by atoms with Gasteiger partial charge in [-0.3, -0.25) is 9.63 Å². The van der Waals surface area contributed by atoms with Crippen LogP contribution in [0, 0.1) is 5.21 Å². The second-order valence-corrected chi connectivity index (χ2v) is 10.3. The van der Waals surface area contributed by atoms with Gasteiger partial charge in [0.1, 0.15) is 5.69 Å². The second kappa shape index (κ2) is 10.2. The summed E-state index contributed by atoms with van der Waals surface area (Å²) in [6.07, 6.45) is -1.05. The average Bonchev–Trinajstić information content (AvgIpc) is 3.30. The van der Waals surface area contributed by atoms with E-state index in [1.807, 2.05) is 78.9 Å². The first-order chi connectivity index (χ1) is 20.8. The molecule has 0 saturated carbocycles. The van der Waals surface area contributed by atoms with E-state index in [-0.39, 0.29) is 0 Å². The maximum Gasteiger partial charge on any atom is 0.416 e. The van der Waals surface area contributed by atoms with Gasteiger partial charge in [0, 0.05) is 53.7 Å². The zero-order chi connectivity index (χ0) is 29.6. The molecule has 4 nitrogen and oxygen atoms in total. The van der Waals surface area contributed by atoms with Gasteiger partial charge < -0.3 is 10.1 Å². The third-order valence-corrected chi connectivity index (χ3v) is 7.81. The Bertz CT molecular complexity index is 1870. The van der Waals surface area contributed by atoms with Gasteiger partial charge in [-0.2, -0.15) is 13.2 Å². The Labute approximate surface area is 246 Å². The number of hydrogen-bond acceptors (Lipinski definition) is 3. The normalized spacial score (nSPS) is 15.5. The summed E-state index contributed by atoms with van der Waals surface area (Å²) in [5.74, 6) is 0. The molecule has 0 N–H and O–H groups in total. The number of pyridine rings is 1. The van der Waals surface area contributed by atoms with Crippen molar-refractivity contribution in [3.8, 4) is 22.3 Å². The first-order valence-corrected chi connectivity index (χ1v) is 13.7. The van der Waals surface area contributed by atoms with E-state index >= 15 is 0 Å². The first kappa shape index (κ1) is 26.6. The van der Waals surface area contributed by atoms with Crippen LogP contribution < -0.4 is 9.55 Å². The molecule has 1 aliphatic heterocycles. The number of benzene rings is 5. The first-order valence-electron chi connectivity index (χ1n) is 13.7. The molecule has 0 saturated heterocycles.